The molecule has 108 valence electrons. The summed E-state index contributed by atoms with van der Waals surface area (Å²) in [5.41, 5.74) is 1.25. The number of benzene rings is 1. The van der Waals surface area contributed by atoms with E-state index in [0.717, 1.165) is 36.6 Å². The number of nitrogens with one attached hydrogen (secondary N) is 1. The molecule has 0 unspecified atom stereocenters. The molecule has 2 N–H and O–H groups in total. The van der Waals surface area contributed by atoms with Gasteiger partial charge >= 0.3 is 0 Å². The minimum atomic E-state index is -0.168. The van der Waals surface area contributed by atoms with Gasteiger partial charge in [-0.05, 0) is 55.7 Å². The van der Waals surface area contributed by atoms with Crippen LogP contribution >= 0.6 is 15.9 Å². The van der Waals surface area contributed by atoms with Gasteiger partial charge in [-0.2, -0.15) is 0 Å². The van der Waals surface area contributed by atoms with Crippen LogP contribution in [0.25, 0.3) is 0 Å². The Kier molecular flexibility index (Phi) is 4.13. The van der Waals surface area contributed by atoms with E-state index in [1.54, 1.807) is 0 Å². The summed E-state index contributed by atoms with van der Waals surface area (Å²) >= 11 is 3.48. The summed E-state index contributed by atoms with van der Waals surface area (Å²) in [6.07, 6.45) is 4.22. The van der Waals surface area contributed by atoms with Crippen molar-refractivity contribution in [1.29, 1.82) is 0 Å². The molecule has 4 heteroatoms. The average molecular weight is 338 g/mol. The van der Waals surface area contributed by atoms with Crippen LogP contribution in [0.5, 0.6) is 0 Å². The number of aliphatic hydroxyl groups is 1. The molecule has 0 bridgehead atoms. The van der Waals surface area contributed by atoms with Gasteiger partial charge in [-0.3, -0.25) is 4.79 Å². The lowest BCUT2D eigenvalue weighted by Crippen LogP contribution is -2.39. The quantitative estimate of drug-likeness (QED) is 0.890. The van der Waals surface area contributed by atoms with Crippen LogP contribution in [-0.4, -0.2) is 23.2 Å². The van der Waals surface area contributed by atoms with Crippen molar-refractivity contribution in [3.8, 4) is 0 Å². The molecule has 0 aromatic heterocycles. The maximum atomic E-state index is 12.2. The predicted molar refractivity (Wildman–Crippen MR) is 81.4 cm³/mol. The molecule has 2 saturated carbocycles. The van der Waals surface area contributed by atoms with Crippen LogP contribution in [0.2, 0.25) is 0 Å². The van der Waals surface area contributed by atoms with Crippen molar-refractivity contribution >= 4 is 21.8 Å². The molecule has 0 heterocycles. The minimum Gasteiger partial charge on any atom is -0.393 e. The van der Waals surface area contributed by atoms with E-state index in [0.29, 0.717) is 5.92 Å². The number of rotatable bonds is 3. The topological polar surface area (TPSA) is 49.3 Å². The fraction of sp³-hybridized carbons (Fsp3) is 0.562. The highest BCUT2D eigenvalue weighted by molar-refractivity contribution is 9.10. The zero-order valence-corrected chi connectivity index (χ0v) is 13.0. The fourth-order valence-electron chi connectivity index (χ4n) is 3.12. The Morgan fingerprint density at radius 3 is 2.70 bits per heavy atom. The highest BCUT2D eigenvalue weighted by Gasteiger charge is 2.44. The van der Waals surface area contributed by atoms with E-state index in [1.165, 1.54) is 5.56 Å². The molecular formula is C16H20BrNO2. The molecule has 0 aliphatic heterocycles. The van der Waals surface area contributed by atoms with Crippen LogP contribution in [0.3, 0.4) is 0 Å². The zero-order chi connectivity index (χ0) is 14.1. The molecule has 2 fully saturated rings. The first kappa shape index (κ1) is 14.1. The summed E-state index contributed by atoms with van der Waals surface area (Å²) in [5.74, 6) is 0.703. The molecule has 3 nitrogen and oxygen atoms in total. The fourth-order valence-corrected chi connectivity index (χ4v) is 3.54. The van der Waals surface area contributed by atoms with Crippen LogP contribution in [-0.2, 0) is 4.79 Å². The molecule has 2 aliphatic carbocycles. The van der Waals surface area contributed by atoms with Crippen molar-refractivity contribution < 1.29 is 9.90 Å². The van der Waals surface area contributed by atoms with Crippen LogP contribution in [0.4, 0.5) is 0 Å². The van der Waals surface area contributed by atoms with Gasteiger partial charge in [-0.1, -0.05) is 28.1 Å². The summed E-state index contributed by atoms with van der Waals surface area (Å²) < 4.78 is 1.07. The monoisotopic (exact) mass is 337 g/mol. The Labute approximate surface area is 127 Å². The van der Waals surface area contributed by atoms with Crippen LogP contribution < -0.4 is 5.32 Å². The second kappa shape index (κ2) is 5.86. The van der Waals surface area contributed by atoms with Crippen LogP contribution in [0.15, 0.2) is 28.7 Å². The molecule has 2 aliphatic rings. The van der Waals surface area contributed by atoms with E-state index in [-0.39, 0.29) is 24.0 Å². The van der Waals surface area contributed by atoms with Gasteiger partial charge in [-0.15, -0.1) is 0 Å². The van der Waals surface area contributed by atoms with Crippen LogP contribution in [0.1, 0.15) is 43.6 Å². The zero-order valence-electron chi connectivity index (χ0n) is 11.4. The molecule has 0 saturated heterocycles. The van der Waals surface area contributed by atoms with Crippen molar-refractivity contribution in [3.05, 3.63) is 34.3 Å². The smallest absolute Gasteiger partial charge is 0.223 e. The number of amides is 1. The second-order valence-corrected chi connectivity index (χ2v) is 6.93. The van der Waals surface area contributed by atoms with Gasteiger partial charge in [0.1, 0.15) is 0 Å². The van der Waals surface area contributed by atoms with Crippen molar-refractivity contribution in [2.75, 3.05) is 0 Å². The standard InChI is InChI=1S/C16H20BrNO2/c17-11-3-1-2-10(8-11)14-9-15(14)16(20)18-12-4-6-13(19)7-5-12/h1-3,8,12-15,19H,4-7,9H2,(H,18,20)/t12?,13?,14-,15-/m0/s1. The molecule has 20 heavy (non-hydrogen) atoms. The molecule has 1 amide bonds. The Morgan fingerprint density at radius 1 is 1.25 bits per heavy atom. The maximum absolute atomic E-state index is 12.2. The Balaban J connectivity index is 1.53. The summed E-state index contributed by atoms with van der Waals surface area (Å²) in [6.45, 7) is 0. The van der Waals surface area contributed by atoms with Gasteiger partial charge in [0.2, 0.25) is 5.91 Å². The summed E-state index contributed by atoms with van der Waals surface area (Å²) in [5, 5.41) is 12.6. The molecule has 2 atom stereocenters. The molecule has 3 rings (SSSR count). The number of carbonyl (C=O) groups is 1. The Bertz CT molecular complexity index is 497. The van der Waals surface area contributed by atoms with Gasteiger partial charge in [0.15, 0.2) is 0 Å². The van der Waals surface area contributed by atoms with Gasteiger partial charge in [0, 0.05) is 16.4 Å². The van der Waals surface area contributed by atoms with Crippen molar-refractivity contribution in [2.45, 2.75) is 50.2 Å². The van der Waals surface area contributed by atoms with Crippen LogP contribution in [0, 0.1) is 5.92 Å². The van der Waals surface area contributed by atoms with E-state index in [1.807, 2.05) is 12.1 Å². The maximum Gasteiger partial charge on any atom is 0.223 e. The first-order valence-corrected chi connectivity index (χ1v) is 8.16. The summed E-state index contributed by atoms with van der Waals surface area (Å²) in [4.78, 5) is 12.2. The normalized spacial score (nSPS) is 32.7. The number of carbonyl (C=O) groups excluding carboxylic acids is 1. The molecule has 1 aromatic rings. The minimum absolute atomic E-state index is 0.135. The lowest BCUT2D eigenvalue weighted by atomic mass is 9.93. The third-order valence-corrected chi connectivity index (χ3v) is 4.94. The number of hydrogen-bond acceptors (Lipinski definition) is 2. The van der Waals surface area contributed by atoms with Crippen molar-refractivity contribution in [2.24, 2.45) is 5.92 Å². The van der Waals surface area contributed by atoms with E-state index in [9.17, 15) is 9.90 Å². The third-order valence-electron chi connectivity index (χ3n) is 4.45. The predicted octanol–water partition coefficient (Wildman–Crippen LogP) is 2.97. The lowest BCUT2D eigenvalue weighted by Gasteiger charge is -2.26. The van der Waals surface area contributed by atoms with E-state index in [4.69, 9.17) is 0 Å². The Hall–Kier alpha value is -0.870. The second-order valence-electron chi connectivity index (χ2n) is 6.02. The lowest BCUT2D eigenvalue weighted by molar-refractivity contribution is -0.123. The van der Waals surface area contributed by atoms with E-state index < -0.39 is 0 Å². The summed E-state index contributed by atoms with van der Waals surface area (Å²) in [7, 11) is 0. The highest BCUT2D eigenvalue weighted by Crippen LogP contribution is 2.48. The van der Waals surface area contributed by atoms with Crippen molar-refractivity contribution in [3.63, 3.8) is 0 Å². The largest absolute Gasteiger partial charge is 0.393 e. The van der Waals surface area contributed by atoms with Crippen molar-refractivity contribution in [1.82, 2.24) is 5.32 Å². The summed E-state index contributed by atoms with van der Waals surface area (Å²) in [6, 6.07) is 8.49. The average Bonchev–Trinajstić information content (AvgIpc) is 3.22. The van der Waals surface area contributed by atoms with E-state index in [2.05, 4.69) is 33.4 Å². The van der Waals surface area contributed by atoms with Gasteiger partial charge in [-0.25, -0.2) is 0 Å². The van der Waals surface area contributed by atoms with Gasteiger partial charge < -0.3 is 10.4 Å². The third kappa shape index (κ3) is 3.23. The molecule has 0 spiro atoms. The Morgan fingerprint density at radius 2 is 2.00 bits per heavy atom. The van der Waals surface area contributed by atoms with Gasteiger partial charge in [0.05, 0.1) is 6.10 Å². The van der Waals surface area contributed by atoms with Gasteiger partial charge in [0.25, 0.3) is 0 Å². The number of halogens is 1. The molecule has 1 aromatic carbocycles. The first-order valence-electron chi connectivity index (χ1n) is 7.37. The number of hydrogen-bond donors (Lipinski definition) is 2. The molecule has 0 radical (unpaired) electrons. The van der Waals surface area contributed by atoms with E-state index >= 15 is 0 Å². The molecular weight excluding hydrogens is 318 g/mol. The number of aliphatic hydroxyl groups excluding tert-OH is 1. The first-order chi connectivity index (χ1) is 9.63. The highest BCUT2D eigenvalue weighted by atomic mass is 79.9. The SMILES string of the molecule is O=C(NC1CCC(O)CC1)[C@H]1C[C@H]1c1cccc(Br)c1.